The molecule has 0 bridgehead atoms. The number of aromatic nitrogens is 1. The smallest absolute Gasteiger partial charge is 0.317 e. The molecular weight excluding hydrogens is 300 g/mol. The second-order valence-electron chi connectivity index (χ2n) is 7.07. The summed E-state index contributed by atoms with van der Waals surface area (Å²) in [5.41, 5.74) is 1.35. The van der Waals surface area contributed by atoms with Crippen LogP contribution in [0.1, 0.15) is 44.1 Å². The maximum atomic E-state index is 12.4. The molecule has 0 spiro atoms. The molecule has 0 aromatic carbocycles. The lowest BCUT2D eigenvalue weighted by molar-refractivity contribution is 0.173. The standard InChI is InChI=1S/C19H30N4O/c24-19(23-12-3-1-2-4-13-23)21-18-8-15-22(16-9-18)14-7-17-5-10-20-11-6-17/h5-6,10-11,18H,1-4,7-9,12-16H2,(H,21,24). The third-order valence-electron chi connectivity index (χ3n) is 5.27. The van der Waals surface area contributed by atoms with Crippen LogP contribution in [0.2, 0.25) is 0 Å². The van der Waals surface area contributed by atoms with Crippen molar-refractivity contribution in [2.75, 3.05) is 32.7 Å². The number of nitrogens with zero attached hydrogens (tertiary/aromatic N) is 3. The van der Waals surface area contributed by atoms with Gasteiger partial charge in [0.15, 0.2) is 0 Å². The van der Waals surface area contributed by atoms with Crippen LogP contribution in [0.15, 0.2) is 24.5 Å². The van der Waals surface area contributed by atoms with Gasteiger partial charge in [0.05, 0.1) is 0 Å². The summed E-state index contributed by atoms with van der Waals surface area (Å²) >= 11 is 0. The summed E-state index contributed by atoms with van der Waals surface area (Å²) in [7, 11) is 0. The first-order chi connectivity index (χ1) is 11.8. The summed E-state index contributed by atoms with van der Waals surface area (Å²) in [6, 6.07) is 4.69. The molecule has 0 unspecified atom stereocenters. The summed E-state index contributed by atoms with van der Waals surface area (Å²) in [4.78, 5) is 21.0. The number of urea groups is 1. The molecule has 5 nitrogen and oxygen atoms in total. The van der Waals surface area contributed by atoms with Crippen molar-refractivity contribution in [2.24, 2.45) is 0 Å². The van der Waals surface area contributed by atoms with Crippen molar-refractivity contribution in [3.05, 3.63) is 30.1 Å². The van der Waals surface area contributed by atoms with E-state index in [4.69, 9.17) is 0 Å². The van der Waals surface area contributed by atoms with E-state index in [2.05, 4.69) is 27.3 Å². The molecule has 24 heavy (non-hydrogen) atoms. The normalized spacial score (nSPS) is 20.6. The fourth-order valence-electron chi connectivity index (χ4n) is 3.68. The minimum Gasteiger partial charge on any atom is -0.335 e. The lowest BCUT2D eigenvalue weighted by Gasteiger charge is -2.33. The number of carbonyl (C=O) groups excluding carboxylic acids is 1. The van der Waals surface area contributed by atoms with Crippen molar-refractivity contribution in [3.8, 4) is 0 Å². The summed E-state index contributed by atoms with van der Waals surface area (Å²) in [6.45, 7) is 5.11. The SMILES string of the molecule is O=C(NC1CCN(CCc2ccncc2)CC1)N1CCCCCC1. The van der Waals surface area contributed by atoms with Gasteiger partial charge in [-0.25, -0.2) is 4.79 Å². The predicted octanol–water partition coefficient (Wildman–Crippen LogP) is 2.67. The van der Waals surface area contributed by atoms with Crippen LogP contribution >= 0.6 is 0 Å². The number of likely N-dealkylation sites (tertiary alicyclic amines) is 2. The van der Waals surface area contributed by atoms with E-state index in [0.717, 1.165) is 64.8 Å². The van der Waals surface area contributed by atoms with Crippen molar-refractivity contribution in [1.29, 1.82) is 0 Å². The molecule has 0 radical (unpaired) electrons. The summed E-state index contributed by atoms with van der Waals surface area (Å²) in [5, 5.41) is 3.26. The third kappa shape index (κ3) is 5.20. The Hall–Kier alpha value is -1.62. The Morgan fingerprint density at radius 2 is 1.71 bits per heavy atom. The molecule has 132 valence electrons. The van der Waals surface area contributed by atoms with Crippen LogP contribution in [0, 0.1) is 0 Å². The van der Waals surface area contributed by atoms with Crippen molar-refractivity contribution in [2.45, 2.75) is 51.0 Å². The molecule has 2 saturated heterocycles. The highest BCUT2D eigenvalue weighted by Crippen LogP contribution is 2.14. The molecule has 2 aliphatic rings. The van der Waals surface area contributed by atoms with Crippen LogP contribution in [0.25, 0.3) is 0 Å². The van der Waals surface area contributed by atoms with E-state index < -0.39 is 0 Å². The second kappa shape index (κ2) is 9.02. The average Bonchev–Trinajstić information content (AvgIpc) is 2.91. The van der Waals surface area contributed by atoms with E-state index in [9.17, 15) is 4.79 Å². The fraction of sp³-hybridized carbons (Fsp3) is 0.684. The minimum atomic E-state index is 0.159. The highest BCUT2D eigenvalue weighted by atomic mass is 16.2. The Morgan fingerprint density at radius 1 is 1.04 bits per heavy atom. The number of pyridine rings is 1. The largest absolute Gasteiger partial charge is 0.335 e. The van der Waals surface area contributed by atoms with Gasteiger partial charge in [-0.3, -0.25) is 4.98 Å². The predicted molar refractivity (Wildman–Crippen MR) is 96.0 cm³/mol. The second-order valence-corrected chi connectivity index (χ2v) is 7.07. The maximum absolute atomic E-state index is 12.4. The van der Waals surface area contributed by atoms with Gasteiger partial charge in [0.2, 0.25) is 0 Å². The highest BCUT2D eigenvalue weighted by Gasteiger charge is 2.23. The van der Waals surface area contributed by atoms with Gasteiger partial charge in [-0.05, 0) is 49.8 Å². The van der Waals surface area contributed by atoms with Gasteiger partial charge >= 0.3 is 6.03 Å². The topological polar surface area (TPSA) is 48.5 Å². The molecule has 1 aromatic heterocycles. The molecule has 2 amide bonds. The van der Waals surface area contributed by atoms with E-state index >= 15 is 0 Å². The van der Waals surface area contributed by atoms with Crippen molar-refractivity contribution >= 4 is 6.03 Å². The zero-order chi connectivity index (χ0) is 16.6. The first kappa shape index (κ1) is 17.2. The van der Waals surface area contributed by atoms with Gasteiger partial charge in [0.25, 0.3) is 0 Å². The Bertz CT molecular complexity index is 491. The van der Waals surface area contributed by atoms with E-state index in [0.29, 0.717) is 6.04 Å². The lowest BCUT2D eigenvalue weighted by atomic mass is 10.0. The Balaban J connectivity index is 1.36. The molecule has 0 atom stereocenters. The van der Waals surface area contributed by atoms with E-state index in [1.165, 1.54) is 18.4 Å². The quantitative estimate of drug-likeness (QED) is 0.923. The Labute approximate surface area is 145 Å². The zero-order valence-electron chi connectivity index (χ0n) is 14.6. The first-order valence-electron chi connectivity index (χ1n) is 9.48. The van der Waals surface area contributed by atoms with Crippen molar-refractivity contribution in [1.82, 2.24) is 20.1 Å². The summed E-state index contributed by atoms with van der Waals surface area (Å²) in [5.74, 6) is 0. The molecule has 1 N–H and O–H groups in total. The minimum absolute atomic E-state index is 0.159. The van der Waals surface area contributed by atoms with Gasteiger partial charge < -0.3 is 15.1 Å². The number of hydrogen-bond acceptors (Lipinski definition) is 3. The molecule has 0 aliphatic carbocycles. The van der Waals surface area contributed by atoms with E-state index in [1.807, 2.05) is 17.3 Å². The van der Waals surface area contributed by atoms with E-state index in [1.54, 1.807) is 0 Å². The highest BCUT2D eigenvalue weighted by molar-refractivity contribution is 5.74. The van der Waals surface area contributed by atoms with Crippen LogP contribution in [0.5, 0.6) is 0 Å². The number of nitrogens with one attached hydrogen (secondary N) is 1. The van der Waals surface area contributed by atoms with Gasteiger partial charge in [-0.15, -0.1) is 0 Å². The molecule has 3 heterocycles. The molecule has 2 aliphatic heterocycles. The lowest BCUT2D eigenvalue weighted by Crippen LogP contribution is -2.49. The van der Waals surface area contributed by atoms with E-state index in [-0.39, 0.29) is 6.03 Å². The number of carbonyl (C=O) groups is 1. The van der Waals surface area contributed by atoms with Crippen LogP contribution in [-0.2, 0) is 6.42 Å². The van der Waals surface area contributed by atoms with Gasteiger partial charge in [-0.2, -0.15) is 0 Å². The number of amides is 2. The monoisotopic (exact) mass is 330 g/mol. The maximum Gasteiger partial charge on any atom is 0.317 e. The molecule has 2 fully saturated rings. The summed E-state index contributed by atoms with van der Waals surface area (Å²) in [6.07, 6.45) is 11.8. The molecule has 5 heteroatoms. The molecule has 0 saturated carbocycles. The van der Waals surface area contributed by atoms with Gasteiger partial charge in [-0.1, -0.05) is 12.8 Å². The number of piperidine rings is 1. The van der Waals surface area contributed by atoms with Gasteiger partial charge in [0.1, 0.15) is 0 Å². The van der Waals surface area contributed by atoms with Crippen LogP contribution < -0.4 is 5.32 Å². The average molecular weight is 330 g/mol. The molecule has 3 rings (SSSR count). The van der Waals surface area contributed by atoms with Crippen LogP contribution in [0.4, 0.5) is 4.79 Å². The zero-order valence-corrected chi connectivity index (χ0v) is 14.6. The first-order valence-corrected chi connectivity index (χ1v) is 9.48. The van der Waals surface area contributed by atoms with Crippen LogP contribution in [-0.4, -0.2) is 59.6 Å². The summed E-state index contributed by atoms with van der Waals surface area (Å²) < 4.78 is 0. The van der Waals surface area contributed by atoms with Crippen molar-refractivity contribution < 1.29 is 4.79 Å². The number of rotatable bonds is 4. The fourth-order valence-corrected chi connectivity index (χ4v) is 3.68. The van der Waals surface area contributed by atoms with Gasteiger partial charge in [0, 0.05) is 51.2 Å². The van der Waals surface area contributed by atoms with Crippen LogP contribution in [0.3, 0.4) is 0 Å². The molecule has 1 aromatic rings. The Morgan fingerprint density at radius 3 is 2.38 bits per heavy atom. The third-order valence-corrected chi connectivity index (χ3v) is 5.27. The number of hydrogen-bond donors (Lipinski definition) is 1. The van der Waals surface area contributed by atoms with Crippen molar-refractivity contribution in [3.63, 3.8) is 0 Å². The Kier molecular flexibility index (Phi) is 6.47. The molecular formula is C19H30N4O.